The highest BCUT2D eigenvalue weighted by molar-refractivity contribution is 6.08. The predicted octanol–water partition coefficient (Wildman–Crippen LogP) is 5.60. The summed E-state index contributed by atoms with van der Waals surface area (Å²) in [6.45, 7) is 1.53. The number of hydrogen-bond acceptors (Lipinski definition) is 2. The Hall–Kier alpha value is -3.87. The van der Waals surface area contributed by atoms with E-state index in [-0.39, 0.29) is 22.6 Å². The monoisotopic (exact) mass is 462 g/mol. The molecule has 7 heteroatoms. The first kappa shape index (κ1) is 21.9. The normalized spacial score (nSPS) is 14.2. The summed E-state index contributed by atoms with van der Waals surface area (Å²) < 4.78 is 45.0. The lowest BCUT2D eigenvalue weighted by molar-refractivity contribution is 0.0931. The Bertz CT molecular complexity index is 1480. The summed E-state index contributed by atoms with van der Waals surface area (Å²) in [5.74, 6) is -2.75. The molecule has 0 bridgehead atoms. The van der Waals surface area contributed by atoms with Crippen LogP contribution in [0, 0.1) is 30.3 Å². The van der Waals surface area contributed by atoms with Gasteiger partial charge in [-0.1, -0.05) is 30.3 Å². The molecule has 1 N–H and O–H groups in total. The maximum atomic E-state index is 15.0. The smallest absolute Gasteiger partial charge is 0.266 e. The van der Waals surface area contributed by atoms with Crippen LogP contribution in [0.25, 0.3) is 16.5 Å². The summed E-state index contributed by atoms with van der Waals surface area (Å²) >= 11 is 0. The van der Waals surface area contributed by atoms with Crippen molar-refractivity contribution in [2.75, 3.05) is 0 Å². The second-order valence-electron chi connectivity index (χ2n) is 8.56. The third-order valence-corrected chi connectivity index (χ3v) is 6.30. The summed E-state index contributed by atoms with van der Waals surface area (Å²) in [7, 11) is 0. The second-order valence-corrected chi connectivity index (χ2v) is 8.56. The van der Waals surface area contributed by atoms with Gasteiger partial charge in [0.05, 0.1) is 17.0 Å². The fraction of sp³-hybridized carbons (Fsp3) is 0.185. The van der Waals surface area contributed by atoms with Crippen LogP contribution in [0.5, 0.6) is 0 Å². The average Bonchev–Trinajstić information content (AvgIpc) is 3.66. The minimum absolute atomic E-state index is 0.110. The molecule has 5 rings (SSSR count). The van der Waals surface area contributed by atoms with Crippen LogP contribution in [0.3, 0.4) is 0 Å². The Balaban J connectivity index is 1.72. The van der Waals surface area contributed by atoms with Crippen LogP contribution < -0.4 is 10.9 Å². The molecule has 1 fully saturated rings. The third-order valence-electron chi connectivity index (χ3n) is 6.30. The van der Waals surface area contributed by atoms with Gasteiger partial charge in [0.15, 0.2) is 0 Å². The maximum Gasteiger partial charge on any atom is 0.266 e. The molecule has 34 heavy (non-hydrogen) atoms. The fourth-order valence-electron chi connectivity index (χ4n) is 4.54. The molecule has 0 spiro atoms. The number of aromatic nitrogens is 1. The number of benzene rings is 3. The standard InChI is InChI=1S/C27H21F3N2O2/c1-15-22(26(33)31-25(16-10-11-16)17-6-5-7-18(28)14-17)23-20(29)12-13-21(30)24(23)27(34)32(15)19-8-3-2-4-9-19/h2-9,12-14,16,25H,10-11H2,1H3,(H,31,33)/t25-/m0/s1. The number of amides is 1. The number of rotatable bonds is 5. The molecule has 4 aromatic rings. The van der Waals surface area contributed by atoms with Gasteiger partial charge in [-0.3, -0.25) is 14.2 Å². The van der Waals surface area contributed by atoms with E-state index in [2.05, 4.69) is 5.32 Å². The van der Waals surface area contributed by atoms with E-state index in [1.807, 2.05) is 0 Å². The fourth-order valence-corrected chi connectivity index (χ4v) is 4.54. The van der Waals surface area contributed by atoms with Crippen LogP contribution in [-0.4, -0.2) is 10.5 Å². The molecule has 3 aromatic carbocycles. The van der Waals surface area contributed by atoms with Crippen molar-refractivity contribution in [1.29, 1.82) is 0 Å². The number of carbonyl (C=O) groups is 1. The van der Waals surface area contributed by atoms with Gasteiger partial charge in [0.1, 0.15) is 17.5 Å². The number of pyridine rings is 1. The molecule has 0 unspecified atom stereocenters. The summed E-state index contributed by atoms with van der Waals surface area (Å²) in [5.41, 5.74) is 0.322. The summed E-state index contributed by atoms with van der Waals surface area (Å²) in [6, 6.07) is 15.7. The molecule has 1 atom stereocenters. The van der Waals surface area contributed by atoms with Gasteiger partial charge in [-0.2, -0.15) is 0 Å². The van der Waals surface area contributed by atoms with Crippen LogP contribution in [0.2, 0.25) is 0 Å². The highest BCUT2D eigenvalue weighted by Crippen LogP contribution is 2.41. The minimum atomic E-state index is -0.913. The lowest BCUT2D eigenvalue weighted by atomic mass is 9.98. The molecule has 172 valence electrons. The first-order valence-corrected chi connectivity index (χ1v) is 11.0. The molecule has 4 nitrogen and oxygen atoms in total. The Morgan fingerprint density at radius 1 is 0.941 bits per heavy atom. The molecule has 1 saturated carbocycles. The Labute approximate surface area is 193 Å². The molecular formula is C27H21F3N2O2. The lowest BCUT2D eigenvalue weighted by Gasteiger charge is -2.22. The molecule has 1 aliphatic carbocycles. The van der Waals surface area contributed by atoms with E-state index in [1.54, 1.807) is 42.5 Å². The van der Waals surface area contributed by atoms with Gasteiger partial charge in [0, 0.05) is 16.8 Å². The Kier molecular flexibility index (Phi) is 5.48. The van der Waals surface area contributed by atoms with Crippen LogP contribution >= 0.6 is 0 Å². The van der Waals surface area contributed by atoms with Crippen LogP contribution in [0.4, 0.5) is 13.2 Å². The number of nitrogens with zero attached hydrogens (tertiary/aromatic N) is 1. The first-order valence-electron chi connectivity index (χ1n) is 11.0. The van der Waals surface area contributed by atoms with E-state index < -0.39 is 40.3 Å². The highest BCUT2D eigenvalue weighted by atomic mass is 19.1. The quantitative estimate of drug-likeness (QED) is 0.420. The molecule has 1 heterocycles. The van der Waals surface area contributed by atoms with E-state index in [9.17, 15) is 18.4 Å². The molecule has 1 aliphatic rings. The molecular weight excluding hydrogens is 441 g/mol. The van der Waals surface area contributed by atoms with Crippen molar-refractivity contribution >= 4 is 16.7 Å². The van der Waals surface area contributed by atoms with Gasteiger partial charge in [-0.25, -0.2) is 13.2 Å². The van der Waals surface area contributed by atoms with E-state index in [0.717, 1.165) is 25.0 Å². The Morgan fingerprint density at radius 2 is 1.62 bits per heavy atom. The molecule has 0 radical (unpaired) electrons. The summed E-state index contributed by atoms with van der Waals surface area (Å²) in [6.07, 6.45) is 1.71. The lowest BCUT2D eigenvalue weighted by Crippen LogP contribution is -2.33. The van der Waals surface area contributed by atoms with Crippen molar-refractivity contribution in [3.63, 3.8) is 0 Å². The number of fused-ring (bicyclic) bond motifs is 1. The molecule has 1 amide bonds. The zero-order chi connectivity index (χ0) is 24.0. The van der Waals surface area contributed by atoms with Crippen LogP contribution in [0.1, 0.15) is 40.5 Å². The number of carbonyl (C=O) groups excluding carboxylic acids is 1. The van der Waals surface area contributed by atoms with Crippen molar-refractivity contribution < 1.29 is 18.0 Å². The molecule has 1 aromatic heterocycles. The van der Waals surface area contributed by atoms with Crippen LogP contribution in [0.15, 0.2) is 71.5 Å². The van der Waals surface area contributed by atoms with Crippen molar-refractivity contribution in [2.45, 2.75) is 25.8 Å². The van der Waals surface area contributed by atoms with E-state index in [0.29, 0.717) is 11.3 Å². The first-order chi connectivity index (χ1) is 16.4. The molecule has 0 saturated heterocycles. The minimum Gasteiger partial charge on any atom is -0.345 e. The van der Waals surface area contributed by atoms with Gasteiger partial charge < -0.3 is 5.32 Å². The zero-order valence-electron chi connectivity index (χ0n) is 18.3. The number of hydrogen-bond donors (Lipinski definition) is 1. The highest BCUT2D eigenvalue weighted by Gasteiger charge is 2.35. The zero-order valence-corrected chi connectivity index (χ0v) is 18.3. The average molecular weight is 462 g/mol. The SMILES string of the molecule is Cc1c(C(=O)N[C@H](c2cccc(F)c2)C2CC2)c2c(F)ccc(F)c2c(=O)n1-c1ccccc1. The van der Waals surface area contributed by atoms with Crippen molar-refractivity contribution in [3.05, 3.63) is 111 Å². The van der Waals surface area contributed by atoms with E-state index in [1.165, 1.54) is 23.6 Å². The molecule has 0 aliphatic heterocycles. The number of para-hydroxylation sites is 1. The van der Waals surface area contributed by atoms with Gasteiger partial charge in [-0.15, -0.1) is 0 Å². The van der Waals surface area contributed by atoms with Crippen molar-refractivity contribution in [2.24, 2.45) is 5.92 Å². The second kappa shape index (κ2) is 8.48. The third kappa shape index (κ3) is 3.77. The van der Waals surface area contributed by atoms with Gasteiger partial charge >= 0.3 is 0 Å². The van der Waals surface area contributed by atoms with Crippen molar-refractivity contribution in [1.82, 2.24) is 9.88 Å². The van der Waals surface area contributed by atoms with Crippen LogP contribution in [-0.2, 0) is 0 Å². The number of nitrogens with one attached hydrogen (secondary N) is 1. The van der Waals surface area contributed by atoms with Gasteiger partial charge in [0.2, 0.25) is 0 Å². The number of halogens is 3. The summed E-state index contributed by atoms with van der Waals surface area (Å²) in [4.78, 5) is 26.9. The van der Waals surface area contributed by atoms with Crippen molar-refractivity contribution in [3.8, 4) is 5.69 Å². The largest absolute Gasteiger partial charge is 0.345 e. The van der Waals surface area contributed by atoms with E-state index >= 15 is 4.39 Å². The maximum absolute atomic E-state index is 15.0. The van der Waals surface area contributed by atoms with E-state index in [4.69, 9.17) is 0 Å². The topological polar surface area (TPSA) is 51.1 Å². The predicted molar refractivity (Wildman–Crippen MR) is 124 cm³/mol. The van der Waals surface area contributed by atoms with Gasteiger partial charge in [-0.05, 0) is 67.6 Å². The summed E-state index contributed by atoms with van der Waals surface area (Å²) in [5, 5.41) is 2.05. The Morgan fingerprint density at radius 3 is 2.26 bits per heavy atom. The van der Waals surface area contributed by atoms with Gasteiger partial charge in [0.25, 0.3) is 11.5 Å².